The summed E-state index contributed by atoms with van der Waals surface area (Å²) in [5, 5.41) is 10.7. The van der Waals surface area contributed by atoms with Crippen molar-refractivity contribution >= 4 is 5.69 Å². The van der Waals surface area contributed by atoms with Gasteiger partial charge in [-0.05, 0) is 6.07 Å². The first-order valence-electron chi connectivity index (χ1n) is 4.20. The molecule has 15 heavy (non-hydrogen) atoms. The molecule has 0 amide bonds. The second-order valence-electron chi connectivity index (χ2n) is 2.88. The Labute approximate surface area is 83.9 Å². The van der Waals surface area contributed by atoms with Gasteiger partial charge in [0.1, 0.15) is 5.69 Å². The minimum absolute atomic E-state index is 0.0980. The van der Waals surface area contributed by atoms with E-state index in [2.05, 4.69) is 4.98 Å². The number of hydrogen-bond acceptors (Lipinski definition) is 3. The van der Waals surface area contributed by atoms with Crippen LogP contribution in [0, 0.1) is 10.1 Å². The van der Waals surface area contributed by atoms with Gasteiger partial charge in [0.05, 0.1) is 4.92 Å². The minimum Gasteiger partial charge on any atom is -0.312 e. The van der Waals surface area contributed by atoms with E-state index in [0.717, 1.165) is 0 Å². The number of para-hydroxylation sites is 2. The second-order valence-corrected chi connectivity index (χ2v) is 2.88. The molecule has 0 fully saturated rings. The topological polar surface area (TPSA) is 80.9 Å². The molecule has 0 saturated heterocycles. The van der Waals surface area contributed by atoms with E-state index >= 15 is 0 Å². The van der Waals surface area contributed by atoms with Crippen LogP contribution in [-0.4, -0.2) is 14.5 Å². The van der Waals surface area contributed by atoms with Gasteiger partial charge >= 0.3 is 5.69 Å². The summed E-state index contributed by atoms with van der Waals surface area (Å²) in [7, 11) is 0. The van der Waals surface area contributed by atoms with E-state index in [-0.39, 0.29) is 11.4 Å². The molecule has 0 radical (unpaired) electrons. The summed E-state index contributed by atoms with van der Waals surface area (Å²) >= 11 is 0. The molecule has 0 bridgehead atoms. The Morgan fingerprint density at radius 1 is 1.33 bits per heavy atom. The zero-order valence-electron chi connectivity index (χ0n) is 7.58. The van der Waals surface area contributed by atoms with Crippen LogP contribution < -0.4 is 5.69 Å². The molecule has 0 atom stereocenters. The maximum atomic E-state index is 11.3. The SMILES string of the molecule is O=c1[nH]ccn1-c1ccccc1[N+](=O)[O-]. The van der Waals surface area contributed by atoms with Crippen LogP contribution in [0.2, 0.25) is 0 Å². The lowest BCUT2D eigenvalue weighted by Gasteiger charge is -2.01. The van der Waals surface area contributed by atoms with Crippen molar-refractivity contribution in [3.8, 4) is 5.69 Å². The smallest absolute Gasteiger partial charge is 0.312 e. The molecule has 0 saturated carbocycles. The highest BCUT2D eigenvalue weighted by molar-refractivity contribution is 5.51. The fourth-order valence-electron chi connectivity index (χ4n) is 1.33. The largest absolute Gasteiger partial charge is 0.330 e. The van der Waals surface area contributed by atoms with Crippen LogP contribution in [0.15, 0.2) is 41.5 Å². The van der Waals surface area contributed by atoms with E-state index in [4.69, 9.17) is 0 Å². The number of aromatic amines is 1. The quantitative estimate of drug-likeness (QED) is 0.588. The average Bonchev–Trinajstić information content (AvgIpc) is 2.64. The summed E-state index contributed by atoms with van der Waals surface area (Å²) < 4.78 is 1.19. The minimum atomic E-state index is -0.519. The highest BCUT2D eigenvalue weighted by Gasteiger charge is 2.14. The van der Waals surface area contributed by atoms with Crippen LogP contribution in [0.4, 0.5) is 5.69 Å². The van der Waals surface area contributed by atoms with Gasteiger partial charge in [0.25, 0.3) is 5.69 Å². The average molecular weight is 205 g/mol. The lowest BCUT2D eigenvalue weighted by atomic mass is 10.2. The maximum absolute atomic E-state index is 11.3. The summed E-state index contributed by atoms with van der Waals surface area (Å²) in [6.07, 6.45) is 2.88. The first-order chi connectivity index (χ1) is 7.20. The van der Waals surface area contributed by atoms with Crippen LogP contribution in [0.1, 0.15) is 0 Å². The van der Waals surface area contributed by atoms with Crippen LogP contribution in [-0.2, 0) is 0 Å². The monoisotopic (exact) mass is 205 g/mol. The number of aromatic nitrogens is 2. The van der Waals surface area contributed by atoms with Crippen LogP contribution in [0.3, 0.4) is 0 Å². The lowest BCUT2D eigenvalue weighted by Crippen LogP contribution is -2.15. The molecule has 6 nitrogen and oxygen atoms in total. The number of nitrogens with zero attached hydrogens (tertiary/aromatic N) is 2. The van der Waals surface area contributed by atoms with Gasteiger partial charge in [-0.1, -0.05) is 12.1 Å². The third-order valence-electron chi connectivity index (χ3n) is 1.99. The first kappa shape index (κ1) is 9.20. The molecular formula is C9H7N3O3. The summed E-state index contributed by atoms with van der Waals surface area (Å²) in [6.45, 7) is 0. The molecule has 1 aromatic carbocycles. The Kier molecular flexibility index (Phi) is 2.09. The summed E-state index contributed by atoms with van der Waals surface area (Å²) in [6, 6.07) is 6.07. The predicted octanol–water partition coefficient (Wildman–Crippen LogP) is 1.07. The van der Waals surface area contributed by atoms with Gasteiger partial charge in [0.2, 0.25) is 0 Å². The van der Waals surface area contributed by atoms with Crippen LogP contribution in [0.5, 0.6) is 0 Å². The summed E-state index contributed by atoms with van der Waals surface area (Å²) in [4.78, 5) is 23.9. The van der Waals surface area contributed by atoms with Gasteiger partial charge in [-0.3, -0.25) is 14.7 Å². The molecule has 0 aliphatic carbocycles. The van der Waals surface area contributed by atoms with E-state index in [1.807, 2.05) is 0 Å². The number of hydrogen-bond donors (Lipinski definition) is 1. The Morgan fingerprint density at radius 2 is 2.07 bits per heavy atom. The third-order valence-corrected chi connectivity index (χ3v) is 1.99. The zero-order chi connectivity index (χ0) is 10.8. The number of benzene rings is 1. The highest BCUT2D eigenvalue weighted by atomic mass is 16.6. The molecule has 76 valence electrons. The van der Waals surface area contributed by atoms with Crippen LogP contribution in [0.25, 0.3) is 5.69 Å². The van der Waals surface area contributed by atoms with Crippen molar-refractivity contribution in [3.05, 3.63) is 57.3 Å². The standard InChI is InChI=1S/C9H7N3O3/c13-9-10-5-6-11(9)7-3-1-2-4-8(7)12(14)15/h1-6H,(H,10,13). The molecular weight excluding hydrogens is 198 g/mol. The Morgan fingerprint density at radius 3 is 2.67 bits per heavy atom. The van der Waals surface area contributed by atoms with Crippen LogP contribution >= 0.6 is 0 Å². The zero-order valence-corrected chi connectivity index (χ0v) is 7.58. The number of rotatable bonds is 2. The molecule has 0 aliphatic heterocycles. The molecule has 1 heterocycles. The molecule has 6 heteroatoms. The van der Waals surface area contributed by atoms with E-state index in [1.54, 1.807) is 12.1 Å². The molecule has 1 aromatic heterocycles. The van der Waals surface area contributed by atoms with Crippen molar-refractivity contribution in [1.82, 2.24) is 9.55 Å². The van der Waals surface area contributed by atoms with Crippen molar-refractivity contribution in [2.24, 2.45) is 0 Å². The Hall–Kier alpha value is -2.37. The summed E-state index contributed by atoms with van der Waals surface area (Å²) in [5.41, 5.74) is -0.239. The van der Waals surface area contributed by atoms with Gasteiger partial charge in [-0.2, -0.15) is 0 Å². The second kappa shape index (κ2) is 3.41. The van der Waals surface area contributed by atoms with Gasteiger partial charge in [0.15, 0.2) is 0 Å². The number of nitro groups is 1. The van der Waals surface area contributed by atoms with Crippen molar-refractivity contribution in [3.63, 3.8) is 0 Å². The fraction of sp³-hybridized carbons (Fsp3) is 0. The number of imidazole rings is 1. The number of nitro benzene ring substituents is 1. The number of nitrogens with one attached hydrogen (secondary N) is 1. The van der Waals surface area contributed by atoms with E-state index in [1.165, 1.54) is 29.1 Å². The highest BCUT2D eigenvalue weighted by Crippen LogP contribution is 2.20. The molecule has 2 rings (SSSR count). The molecule has 0 spiro atoms. The van der Waals surface area contributed by atoms with Crippen molar-refractivity contribution in [2.75, 3.05) is 0 Å². The van der Waals surface area contributed by atoms with E-state index < -0.39 is 10.6 Å². The fourth-order valence-corrected chi connectivity index (χ4v) is 1.33. The van der Waals surface area contributed by atoms with Crippen molar-refractivity contribution in [1.29, 1.82) is 0 Å². The van der Waals surface area contributed by atoms with E-state index in [9.17, 15) is 14.9 Å². The van der Waals surface area contributed by atoms with Gasteiger partial charge in [0, 0.05) is 18.5 Å². The Balaban J connectivity index is 2.68. The molecule has 0 unspecified atom stereocenters. The Bertz CT molecular complexity index is 555. The number of H-pyrrole nitrogens is 1. The van der Waals surface area contributed by atoms with Gasteiger partial charge in [-0.15, -0.1) is 0 Å². The van der Waals surface area contributed by atoms with Gasteiger partial charge in [-0.25, -0.2) is 4.79 Å². The molecule has 1 N–H and O–H groups in total. The first-order valence-corrected chi connectivity index (χ1v) is 4.20. The van der Waals surface area contributed by atoms with E-state index in [0.29, 0.717) is 0 Å². The maximum Gasteiger partial charge on any atom is 0.330 e. The molecule has 2 aromatic rings. The predicted molar refractivity (Wildman–Crippen MR) is 53.0 cm³/mol. The molecule has 0 aliphatic rings. The van der Waals surface area contributed by atoms with Gasteiger partial charge < -0.3 is 4.98 Å². The van der Waals surface area contributed by atoms with Crippen molar-refractivity contribution < 1.29 is 4.92 Å². The summed E-state index contributed by atoms with van der Waals surface area (Å²) in [5.74, 6) is 0. The normalized spacial score (nSPS) is 10.1. The van der Waals surface area contributed by atoms with Crippen molar-refractivity contribution in [2.45, 2.75) is 0 Å². The lowest BCUT2D eigenvalue weighted by molar-refractivity contribution is -0.384. The third kappa shape index (κ3) is 1.52.